The number of sulfonamides is 1. The molecular weight excluding hydrogens is 534 g/mol. The first-order chi connectivity index (χ1) is 19.8. The summed E-state index contributed by atoms with van der Waals surface area (Å²) in [6.07, 6.45) is 0. The van der Waals surface area contributed by atoms with E-state index in [-0.39, 0.29) is 22.9 Å². The highest BCUT2D eigenvalue weighted by Crippen LogP contribution is 2.46. The number of rotatable bonds is 4. The van der Waals surface area contributed by atoms with Crippen molar-refractivity contribution in [1.82, 2.24) is 9.13 Å². The van der Waals surface area contributed by atoms with Crippen LogP contribution in [0.2, 0.25) is 0 Å². The van der Waals surface area contributed by atoms with E-state index in [1.807, 2.05) is 90.4 Å². The van der Waals surface area contributed by atoms with Crippen LogP contribution in [0.4, 0.5) is 0 Å². The van der Waals surface area contributed by atoms with E-state index in [1.54, 1.807) is 16.7 Å². The van der Waals surface area contributed by atoms with Gasteiger partial charge in [0.25, 0.3) is 10.0 Å². The minimum atomic E-state index is -4.24. The second kappa shape index (κ2) is 9.31. The van der Waals surface area contributed by atoms with Crippen LogP contribution in [-0.4, -0.2) is 34.2 Å². The Labute approximate surface area is 236 Å². The molecule has 7 rings (SSSR count). The number of aryl methyl sites for hydroxylation is 1. The van der Waals surface area contributed by atoms with Crippen LogP contribution in [0.5, 0.6) is 5.75 Å². The normalized spacial score (nSPS) is 14.4. The Balaban J connectivity index is 1.60. The summed E-state index contributed by atoms with van der Waals surface area (Å²) in [6.45, 7) is 2.07. The molecule has 0 amide bonds. The van der Waals surface area contributed by atoms with Gasteiger partial charge in [-0.05, 0) is 42.8 Å². The maximum atomic E-state index is 14.1. The predicted molar refractivity (Wildman–Crippen MR) is 160 cm³/mol. The zero-order valence-electron chi connectivity index (χ0n) is 22.2. The minimum absolute atomic E-state index is 0.00725. The number of hydrogen-bond acceptors (Lipinski definition) is 4. The quantitative estimate of drug-likeness (QED) is 0.283. The lowest BCUT2D eigenvalue weighted by Crippen LogP contribution is -2.24. The summed E-state index contributed by atoms with van der Waals surface area (Å²) in [7, 11) is -4.24. The number of carbonyl (C=O) groups is 1. The van der Waals surface area contributed by atoms with Crippen molar-refractivity contribution in [2.75, 3.05) is 0 Å². The average molecular weight is 560 g/mol. The van der Waals surface area contributed by atoms with Crippen molar-refractivity contribution in [2.24, 2.45) is 4.40 Å². The van der Waals surface area contributed by atoms with E-state index < -0.39 is 15.8 Å². The van der Waals surface area contributed by atoms with Crippen molar-refractivity contribution in [3.63, 3.8) is 0 Å². The van der Waals surface area contributed by atoms with Gasteiger partial charge < -0.3 is 14.2 Å². The van der Waals surface area contributed by atoms with Crippen LogP contribution in [0.3, 0.4) is 0 Å². The van der Waals surface area contributed by atoms with Gasteiger partial charge in [-0.1, -0.05) is 78.4 Å². The van der Waals surface area contributed by atoms with Crippen LogP contribution >= 0.6 is 0 Å². The fourth-order valence-electron chi connectivity index (χ4n) is 5.75. The summed E-state index contributed by atoms with van der Waals surface area (Å²) in [6, 6.07) is 31.2. The molecular formula is C33H25N3O4S. The number of aromatic nitrogens is 2. The summed E-state index contributed by atoms with van der Waals surface area (Å²) in [5.74, 6) is -0.418. The number of nitrogens with zero attached hydrogens (tertiary/aromatic N) is 3. The molecule has 4 aromatic carbocycles. The second-order valence-electron chi connectivity index (χ2n) is 10.3. The zero-order valence-corrected chi connectivity index (χ0v) is 23.0. The monoisotopic (exact) mass is 559 g/mol. The Kier molecular flexibility index (Phi) is 5.69. The molecule has 0 fully saturated rings. The standard InChI is InChI=1S/C33H25N3O4S/c1-21-15-17-23(18-16-21)41(39,40)34-30-28(37)20-36-27-14-8-6-12-25(27)33(38)32(36)29-24-11-5-7-13-26(24)35(31(29)30)19-22-9-3-2-4-10-22/h2-18,38H,19-20H2,1H3/b34-30-. The first kappa shape index (κ1) is 25.0. The largest absolute Gasteiger partial charge is 0.505 e. The van der Waals surface area contributed by atoms with Gasteiger partial charge in [0.1, 0.15) is 11.5 Å². The Morgan fingerprint density at radius 1 is 0.780 bits per heavy atom. The number of Topliss-reactive ketones (excluding diaryl/α,β-unsaturated/α-hetero) is 1. The number of aromatic hydroxyl groups is 1. The van der Waals surface area contributed by atoms with Crippen LogP contribution in [0.25, 0.3) is 33.1 Å². The van der Waals surface area contributed by atoms with E-state index in [0.29, 0.717) is 34.4 Å². The van der Waals surface area contributed by atoms with Crippen LogP contribution in [0.1, 0.15) is 16.8 Å². The lowest BCUT2D eigenvalue weighted by Gasteiger charge is -2.13. The van der Waals surface area contributed by atoms with Gasteiger partial charge in [-0.3, -0.25) is 4.79 Å². The molecule has 41 heavy (non-hydrogen) atoms. The molecule has 1 N–H and O–H groups in total. The molecule has 7 nitrogen and oxygen atoms in total. The van der Waals surface area contributed by atoms with Gasteiger partial charge in [-0.25, -0.2) is 0 Å². The summed E-state index contributed by atoms with van der Waals surface area (Å²) in [4.78, 5) is 14.1. The van der Waals surface area contributed by atoms with Gasteiger partial charge in [-0.2, -0.15) is 12.8 Å². The molecule has 8 heteroatoms. The predicted octanol–water partition coefficient (Wildman–Crippen LogP) is 6.09. The molecule has 2 aromatic heterocycles. The molecule has 0 radical (unpaired) electrons. The average Bonchev–Trinajstić information content (AvgIpc) is 3.39. The third kappa shape index (κ3) is 3.98. The lowest BCUT2D eigenvalue weighted by atomic mass is 10.0. The Morgan fingerprint density at radius 3 is 2.15 bits per heavy atom. The maximum absolute atomic E-state index is 14.1. The third-order valence-electron chi connectivity index (χ3n) is 7.66. The van der Waals surface area contributed by atoms with Crippen LogP contribution in [-0.2, 0) is 27.9 Å². The molecule has 0 aliphatic carbocycles. The van der Waals surface area contributed by atoms with Gasteiger partial charge in [-0.15, -0.1) is 0 Å². The second-order valence-corrected chi connectivity index (χ2v) is 11.9. The Bertz CT molecular complexity index is 2140. The van der Waals surface area contributed by atoms with Gasteiger partial charge in [0.05, 0.1) is 28.3 Å². The van der Waals surface area contributed by atoms with E-state index in [4.69, 9.17) is 0 Å². The molecule has 0 bridgehead atoms. The molecule has 3 heterocycles. The van der Waals surface area contributed by atoms with Gasteiger partial charge >= 0.3 is 0 Å². The fraction of sp³-hybridized carbons (Fsp3) is 0.0909. The summed E-state index contributed by atoms with van der Waals surface area (Å²) < 4.78 is 35.3. The van der Waals surface area contributed by atoms with Crippen LogP contribution < -0.4 is 0 Å². The number of hydrogen-bond donors (Lipinski definition) is 1. The van der Waals surface area contributed by atoms with E-state index in [2.05, 4.69) is 4.40 Å². The number of benzene rings is 4. The highest BCUT2D eigenvalue weighted by atomic mass is 32.2. The van der Waals surface area contributed by atoms with Crippen LogP contribution in [0, 0.1) is 6.92 Å². The number of fused-ring (bicyclic) bond motifs is 7. The van der Waals surface area contributed by atoms with Crippen molar-refractivity contribution in [1.29, 1.82) is 0 Å². The highest BCUT2D eigenvalue weighted by Gasteiger charge is 2.36. The van der Waals surface area contributed by atoms with Crippen LogP contribution in [0.15, 0.2) is 112 Å². The summed E-state index contributed by atoms with van der Waals surface area (Å²) in [5.41, 5.74) is 4.62. The zero-order chi connectivity index (χ0) is 28.3. The maximum Gasteiger partial charge on any atom is 0.283 e. The molecule has 1 aliphatic rings. The molecule has 0 atom stereocenters. The van der Waals surface area contributed by atoms with Crippen molar-refractivity contribution in [2.45, 2.75) is 24.9 Å². The number of carbonyl (C=O) groups excluding carboxylic acids is 1. The third-order valence-corrected chi connectivity index (χ3v) is 8.95. The molecule has 1 aliphatic heterocycles. The van der Waals surface area contributed by atoms with E-state index in [9.17, 15) is 18.3 Å². The Morgan fingerprint density at radius 2 is 1.41 bits per heavy atom. The van der Waals surface area contributed by atoms with Crippen molar-refractivity contribution in [3.05, 3.63) is 120 Å². The first-order valence-corrected chi connectivity index (χ1v) is 14.7. The van der Waals surface area contributed by atoms with Crippen molar-refractivity contribution >= 4 is 43.3 Å². The van der Waals surface area contributed by atoms with E-state index >= 15 is 0 Å². The number of ketones is 1. The lowest BCUT2D eigenvalue weighted by molar-refractivity contribution is -0.113. The topological polar surface area (TPSA) is 93.7 Å². The molecule has 6 aromatic rings. The molecule has 0 spiro atoms. The van der Waals surface area contributed by atoms with E-state index in [1.165, 1.54) is 12.1 Å². The SMILES string of the molecule is Cc1ccc(S(=O)(=O)/N=C2/C(=O)Cn3c(c(O)c4ccccc43)-c3c2n(Cc2ccccc2)c2ccccc32)cc1. The first-order valence-electron chi connectivity index (χ1n) is 13.2. The summed E-state index contributed by atoms with van der Waals surface area (Å²) >= 11 is 0. The Hall–Kier alpha value is -4.95. The van der Waals surface area contributed by atoms with Gasteiger partial charge in [0.2, 0.25) is 5.78 Å². The van der Waals surface area contributed by atoms with E-state index in [0.717, 1.165) is 22.0 Å². The molecule has 0 saturated carbocycles. The molecule has 202 valence electrons. The number of para-hydroxylation sites is 2. The van der Waals surface area contributed by atoms with Crippen molar-refractivity contribution < 1.29 is 18.3 Å². The molecule has 0 saturated heterocycles. The summed E-state index contributed by atoms with van der Waals surface area (Å²) in [5, 5.41) is 13.0. The van der Waals surface area contributed by atoms with Crippen molar-refractivity contribution in [3.8, 4) is 17.0 Å². The fourth-order valence-corrected chi connectivity index (χ4v) is 6.76. The minimum Gasteiger partial charge on any atom is -0.505 e. The smallest absolute Gasteiger partial charge is 0.283 e. The molecule has 0 unspecified atom stereocenters. The highest BCUT2D eigenvalue weighted by molar-refractivity contribution is 7.90. The van der Waals surface area contributed by atoms with Gasteiger partial charge in [0.15, 0.2) is 0 Å². The van der Waals surface area contributed by atoms with Gasteiger partial charge in [0, 0.05) is 28.4 Å².